The smallest absolute Gasteiger partial charge is 0.0778 e. The summed E-state index contributed by atoms with van der Waals surface area (Å²) in [5, 5.41) is 14.4. The van der Waals surface area contributed by atoms with Crippen LogP contribution in [0.25, 0.3) is 10.9 Å². The highest BCUT2D eigenvalue weighted by molar-refractivity contribution is 6.35. The number of rotatable bonds is 7. The number of hydrogen-bond donors (Lipinski definition) is 2. The Morgan fingerprint density at radius 3 is 2.76 bits per heavy atom. The molecule has 0 saturated heterocycles. The zero-order valence-electron chi connectivity index (χ0n) is 12.6. The normalized spacial score (nSPS) is 11.3. The summed E-state index contributed by atoms with van der Waals surface area (Å²) in [5.74, 6) is 0. The first-order valence-electron chi connectivity index (χ1n) is 7.34. The fourth-order valence-corrected chi connectivity index (χ4v) is 2.76. The molecule has 0 saturated carbocycles. The van der Waals surface area contributed by atoms with Crippen LogP contribution >= 0.6 is 11.6 Å². The molecule has 1 aromatic heterocycles. The lowest BCUT2D eigenvalue weighted by molar-refractivity contribution is 0.283. The maximum Gasteiger partial charge on any atom is 0.0778 e. The molecule has 4 nitrogen and oxygen atoms in total. The van der Waals surface area contributed by atoms with Gasteiger partial charge in [-0.15, -0.1) is 0 Å². The highest BCUT2D eigenvalue weighted by atomic mass is 35.5. The van der Waals surface area contributed by atoms with Crippen LogP contribution in [0.1, 0.15) is 19.4 Å². The second-order valence-electron chi connectivity index (χ2n) is 4.90. The molecule has 0 atom stereocenters. The van der Waals surface area contributed by atoms with Gasteiger partial charge in [0.05, 0.1) is 22.8 Å². The summed E-state index contributed by atoms with van der Waals surface area (Å²) in [5.41, 5.74) is 2.45. The zero-order chi connectivity index (χ0) is 15.2. The number of nitrogens with zero attached hydrogens (tertiary/aromatic N) is 2. The number of benzene rings is 1. The van der Waals surface area contributed by atoms with Crippen molar-refractivity contribution < 1.29 is 5.11 Å². The first-order chi connectivity index (χ1) is 10.2. The van der Waals surface area contributed by atoms with Gasteiger partial charge in [-0.05, 0) is 31.3 Å². The van der Waals surface area contributed by atoms with Crippen LogP contribution in [0.4, 0.5) is 5.69 Å². The number of aliphatic hydroxyl groups is 1. The molecule has 2 N–H and O–H groups in total. The lowest BCUT2D eigenvalue weighted by atomic mass is 10.1. The minimum atomic E-state index is -0.0625. The maximum absolute atomic E-state index is 9.44. The van der Waals surface area contributed by atoms with E-state index in [1.54, 1.807) is 12.3 Å². The van der Waals surface area contributed by atoms with Gasteiger partial charge in [0.25, 0.3) is 0 Å². The van der Waals surface area contributed by atoms with E-state index in [-0.39, 0.29) is 6.61 Å². The van der Waals surface area contributed by atoms with Crippen molar-refractivity contribution in [2.45, 2.75) is 20.5 Å². The third kappa shape index (κ3) is 3.64. The number of pyridine rings is 1. The summed E-state index contributed by atoms with van der Waals surface area (Å²) in [4.78, 5) is 6.71. The summed E-state index contributed by atoms with van der Waals surface area (Å²) in [6, 6.07) is 5.65. The van der Waals surface area contributed by atoms with E-state index in [0.29, 0.717) is 5.02 Å². The van der Waals surface area contributed by atoms with Crippen LogP contribution in [0, 0.1) is 0 Å². The SMILES string of the molecule is CCN(CC)CCNc1c(Cl)cc(CO)c2ncccc12. The molecule has 0 unspecified atom stereocenters. The molecule has 114 valence electrons. The van der Waals surface area contributed by atoms with Gasteiger partial charge in [0.1, 0.15) is 0 Å². The average Bonchev–Trinajstić information content (AvgIpc) is 2.52. The number of likely N-dealkylation sites (N-methyl/N-ethyl adjacent to an activating group) is 1. The van der Waals surface area contributed by atoms with E-state index < -0.39 is 0 Å². The quantitative estimate of drug-likeness (QED) is 0.825. The van der Waals surface area contributed by atoms with Crippen LogP contribution in [-0.4, -0.2) is 41.2 Å². The first kappa shape index (κ1) is 16.0. The van der Waals surface area contributed by atoms with Gasteiger partial charge in [0, 0.05) is 30.2 Å². The summed E-state index contributed by atoms with van der Waals surface area (Å²) in [6.07, 6.45) is 1.73. The standard InChI is InChI=1S/C16H22ClN3O/c1-3-20(4-2)9-8-19-16-13-6-5-7-18-15(13)12(11-21)10-14(16)17/h5-7,10,19,21H,3-4,8-9,11H2,1-2H3. The molecule has 5 heteroatoms. The van der Waals surface area contributed by atoms with Crippen molar-refractivity contribution in [1.82, 2.24) is 9.88 Å². The van der Waals surface area contributed by atoms with Crippen molar-refractivity contribution in [3.05, 3.63) is 35.0 Å². The predicted octanol–water partition coefficient (Wildman–Crippen LogP) is 3.13. The van der Waals surface area contributed by atoms with Gasteiger partial charge >= 0.3 is 0 Å². The van der Waals surface area contributed by atoms with Gasteiger partial charge < -0.3 is 15.3 Å². The molecule has 0 aliphatic heterocycles. The number of hydrogen-bond acceptors (Lipinski definition) is 4. The van der Waals surface area contributed by atoms with Crippen molar-refractivity contribution in [2.24, 2.45) is 0 Å². The molecule has 1 heterocycles. The van der Waals surface area contributed by atoms with Gasteiger partial charge in [0.15, 0.2) is 0 Å². The van der Waals surface area contributed by atoms with E-state index in [4.69, 9.17) is 11.6 Å². The lowest BCUT2D eigenvalue weighted by Gasteiger charge is -2.19. The fraction of sp³-hybridized carbons (Fsp3) is 0.438. The minimum Gasteiger partial charge on any atom is -0.392 e. The molecular weight excluding hydrogens is 286 g/mol. The largest absolute Gasteiger partial charge is 0.392 e. The molecule has 0 aliphatic rings. The lowest BCUT2D eigenvalue weighted by Crippen LogP contribution is -2.28. The highest BCUT2D eigenvalue weighted by Gasteiger charge is 2.11. The molecule has 2 rings (SSSR count). The van der Waals surface area contributed by atoms with Gasteiger partial charge in [-0.25, -0.2) is 0 Å². The molecule has 1 aromatic carbocycles. The maximum atomic E-state index is 9.44. The second kappa shape index (κ2) is 7.59. The summed E-state index contributed by atoms with van der Waals surface area (Å²) in [6.45, 7) is 8.12. The van der Waals surface area contributed by atoms with E-state index >= 15 is 0 Å². The number of aliphatic hydroxyl groups excluding tert-OH is 1. The van der Waals surface area contributed by atoms with E-state index in [1.807, 2.05) is 12.1 Å². The van der Waals surface area contributed by atoms with Crippen molar-refractivity contribution in [1.29, 1.82) is 0 Å². The molecule has 0 spiro atoms. The molecular formula is C16H22ClN3O. The number of fused-ring (bicyclic) bond motifs is 1. The van der Waals surface area contributed by atoms with Crippen molar-refractivity contribution >= 4 is 28.2 Å². The molecule has 0 aliphatic carbocycles. The monoisotopic (exact) mass is 307 g/mol. The van der Waals surface area contributed by atoms with Crippen LogP contribution in [0.15, 0.2) is 24.4 Å². The second-order valence-corrected chi connectivity index (χ2v) is 5.31. The molecule has 0 radical (unpaired) electrons. The average molecular weight is 308 g/mol. The fourth-order valence-electron chi connectivity index (χ4n) is 2.46. The predicted molar refractivity (Wildman–Crippen MR) is 89.0 cm³/mol. The van der Waals surface area contributed by atoms with Gasteiger partial charge in [-0.3, -0.25) is 4.98 Å². The number of halogens is 1. The first-order valence-corrected chi connectivity index (χ1v) is 7.72. The van der Waals surface area contributed by atoms with Crippen LogP contribution in [0.2, 0.25) is 5.02 Å². The topological polar surface area (TPSA) is 48.4 Å². The molecule has 21 heavy (non-hydrogen) atoms. The van der Waals surface area contributed by atoms with Gasteiger partial charge in [-0.2, -0.15) is 0 Å². The molecule has 0 bridgehead atoms. The minimum absolute atomic E-state index is 0.0625. The Labute approximate surface area is 130 Å². The Morgan fingerprint density at radius 1 is 1.33 bits per heavy atom. The number of aromatic nitrogens is 1. The van der Waals surface area contributed by atoms with E-state index in [0.717, 1.165) is 48.3 Å². The van der Waals surface area contributed by atoms with Crippen LogP contribution in [-0.2, 0) is 6.61 Å². The molecule has 0 amide bonds. The molecule has 0 fully saturated rings. The van der Waals surface area contributed by atoms with Crippen LogP contribution < -0.4 is 5.32 Å². The van der Waals surface area contributed by atoms with Crippen molar-refractivity contribution in [2.75, 3.05) is 31.5 Å². The van der Waals surface area contributed by atoms with E-state index in [1.165, 1.54) is 0 Å². The van der Waals surface area contributed by atoms with E-state index in [9.17, 15) is 5.11 Å². The van der Waals surface area contributed by atoms with Crippen molar-refractivity contribution in [3.63, 3.8) is 0 Å². The Hall–Kier alpha value is -1.36. The summed E-state index contributed by atoms with van der Waals surface area (Å²) < 4.78 is 0. The highest BCUT2D eigenvalue weighted by Crippen LogP contribution is 2.32. The Balaban J connectivity index is 2.25. The Bertz CT molecular complexity index is 599. The van der Waals surface area contributed by atoms with Crippen molar-refractivity contribution in [3.8, 4) is 0 Å². The number of nitrogens with one attached hydrogen (secondary N) is 1. The Kier molecular flexibility index (Phi) is 5.79. The summed E-state index contributed by atoms with van der Waals surface area (Å²) in [7, 11) is 0. The van der Waals surface area contributed by atoms with Crippen LogP contribution in [0.3, 0.4) is 0 Å². The van der Waals surface area contributed by atoms with Gasteiger partial charge in [0.2, 0.25) is 0 Å². The zero-order valence-corrected chi connectivity index (χ0v) is 13.3. The Morgan fingerprint density at radius 2 is 2.10 bits per heavy atom. The number of anilines is 1. The molecule has 2 aromatic rings. The van der Waals surface area contributed by atoms with E-state index in [2.05, 4.69) is 29.0 Å². The summed E-state index contributed by atoms with van der Waals surface area (Å²) >= 11 is 6.36. The third-order valence-electron chi connectivity index (χ3n) is 3.72. The third-order valence-corrected chi connectivity index (χ3v) is 4.01. The van der Waals surface area contributed by atoms with Crippen LogP contribution in [0.5, 0.6) is 0 Å². The van der Waals surface area contributed by atoms with Gasteiger partial charge in [-0.1, -0.05) is 25.4 Å².